The number of ether oxygens (including phenoxy) is 1. The predicted molar refractivity (Wildman–Crippen MR) is 57.4 cm³/mol. The number of likely N-dealkylation sites (tertiary alicyclic amines) is 1. The Hall–Kier alpha value is -0.120. The summed E-state index contributed by atoms with van der Waals surface area (Å²) in [4.78, 5) is 2.58. The summed E-state index contributed by atoms with van der Waals surface area (Å²) < 4.78 is 5.44. The summed E-state index contributed by atoms with van der Waals surface area (Å²) in [6, 6.07) is 0.597. The second kappa shape index (κ2) is 5.10. The van der Waals surface area contributed by atoms with Gasteiger partial charge in [-0.1, -0.05) is 6.92 Å². The molecule has 14 heavy (non-hydrogen) atoms. The average Bonchev–Trinajstić information content (AvgIpc) is 2.63. The van der Waals surface area contributed by atoms with Crippen LogP contribution >= 0.6 is 0 Å². The molecule has 2 fully saturated rings. The molecule has 0 saturated carbocycles. The zero-order valence-electron chi connectivity index (χ0n) is 9.17. The van der Waals surface area contributed by atoms with E-state index in [0.717, 1.165) is 25.7 Å². The molecule has 0 bridgehead atoms. The lowest BCUT2D eigenvalue weighted by Gasteiger charge is -2.25. The summed E-state index contributed by atoms with van der Waals surface area (Å²) in [5, 5.41) is 3.50. The molecule has 2 aliphatic heterocycles. The van der Waals surface area contributed by atoms with Crippen LogP contribution < -0.4 is 5.32 Å². The maximum atomic E-state index is 5.44. The molecule has 2 unspecified atom stereocenters. The summed E-state index contributed by atoms with van der Waals surface area (Å²) in [7, 11) is 0. The molecule has 3 heteroatoms. The number of morpholine rings is 1. The van der Waals surface area contributed by atoms with E-state index >= 15 is 0 Å². The minimum Gasteiger partial charge on any atom is -0.379 e. The SMILES string of the molecule is CC1CCN(CCC2COCCN2)C1. The Morgan fingerprint density at radius 1 is 1.50 bits per heavy atom. The Kier molecular flexibility index (Phi) is 3.79. The van der Waals surface area contributed by atoms with Crippen LogP contribution in [0, 0.1) is 5.92 Å². The molecule has 0 spiro atoms. The van der Waals surface area contributed by atoms with Crippen molar-refractivity contribution in [3.05, 3.63) is 0 Å². The lowest BCUT2D eigenvalue weighted by atomic mass is 10.2. The van der Waals surface area contributed by atoms with Gasteiger partial charge >= 0.3 is 0 Å². The minimum atomic E-state index is 0.597. The van der Waals surface area contributed by atoms with Crippen LogP contribution in [0.3, 0.4) is 0 Å². The van der Waals surface area contributed by atoms with Crippen molar-refractivity contribution in [1.82, 2.24) is 10.2 Å². The van der Waals surface area contributed by atoms with Gasteiger partial charge in [0.05, 0.1) is 13.2 Å². The van der Waals surface area contributed by atoms with Crippen LogP contribution in [0.2, 0.25) is 0 Å². The van der Waals surface area contributed by atoms with E-state index < -0.39 is 0 Å². The normalized spacial score (nSPS) is 34.9. The summed E-state index contributed by atoms with van der Waals surface area (Å²) in [5.41, 5.74) is 0. The van der Waals surface area contributed by atoms with Crippen molar-refractivity contribution < 1.29 is 4.74 Å². The van der Waals surface area contributed by atoms with Gasteiger partial charge in [0, 0.05) is 19.1 Å². The van der Waals surface area contributed by atoms with Gasteiger partial charge < -0.3 is 15.0 Å². The highest BCUT2D eigenvalue weighted by atomic mass is 16.5. The van der Waals surface area contributed by atoms with Crippen LogP contribution in [0.4, 0.5) is 0 Å². The highest BCUT2D eigenvalue weighted by Crippen LogP contribution is 2.15. The quantitative estimate of drug-likeness (QED) is 0.723. The fraction of sp³-hybridized carbons (Fsp3) is 1.00. The molecule has 1 N–H and O–H groups in total. The van der Waals surface area contributed by atoms with Crippen molar-refractivity contribution in [2.24, 2.45) is 5.92 Å². The number of nitrogens with one attached hydrogen (secondary N) is 1. The largest absolute Gasteiger partial charge is 0.379 e. The molecule has 2 heterocycles. The molecule has 0 aliphatic carbocycles. The van der Waals surface area contributed by atoms with Gasteiger partial charge in [-0.25, -0.2) is 0 Å². The lowest BCUT2D eigenvalue weighted by Crippen LogP contribution is -2.43. The molecule has 2 saturated heterocycles. The second-order valence-electron chi connectivity index (χ2n) is 4.71. The first-order valence-corrected chi connectivity index (χ1v) is 5.88. The van der Waals surface area contributed by atoms with Gasteiger partial charge in [-0.15, -0.1) is 0 Å². The monoisotopic (exact) mass is 198 g/mol. The van der Waals surface area contributed by atoms with Crippen molar-refractivity contribution in [3.63, 3.8) is 0 Å². The summed E-state index contributed by atoms with van der Waals surface area (Å²) in [6.45, 7) is 9.01. The summed E-state index contributed by atoms with van der Waals surface area (Å²) in [6.07, 6.45) is 2.63. The van der Waals surface area contributed by atoms with Gasteiger partial charge in [0.2, 0.25) is 0 Å². The van der Waals surface area contributed by atoms with Crippen LogP contribution in [0.5, 0.6) is 0 Å². The molecular formula is C11H22N2O. The van der Waals surface area contributed by atoms with Crippen molar-refractivity contribution >= 4 is 0 Å². The molecule has 2 rings (SSSR count). The summed E-state index contributed by atoms with van der Waals surface area (Å²) >= 11 is 0. The standard InChI is InChI=1S/C11H22N2O/c1-10-2-5-13(8-10)6-3-11-9-14-7-4-12-11/h10-12H,2-9H2,1H3. The topological polar surface area (TPSA) is 24.5 Å². The molecule has 0 amide bonds. The Morgan fingerprint density at radius 3 is 3.07 bits per heavy atom. The third-order valence-electron chi connectivity index (χ3n) is 3.30. The Labute approximate surface area is 86.8 Å². The van der Waals surface area contributed by atoms with Crippen molar-refractivity contribution in [1.29, 1.82) is 0 Å². The molecule has 0 aromatic rings. The van der Waals surface area contributed by atoms with E-state index in [1.807, 2.05) is 0 Å². The minimum absolute atomic E-state index is 0.597. The Bertz CT molecular complexity index is 164. The predicted octanol–water partition coefficient (Wildman–Crippen LogP) is 0.707. The van der Waals surface area contributed by atoms with E-state index in [1.165, 1.54) is 32.5 Å². The first kappa shape index (κ1) is 10.4. The maximum Gasteiger partial charge on any atom is 0.0620 e. The Balaban J connectivity index is 1.61. The molecule has 0 radical (unpaired) electrons. The third-order valence-corrected chi connectivity index (χ3v) is 3.30. The van der Waals surface area contributed by atoms with Gasteiger partial charge in [0.1, 0.15) is 0 Å². The van der Waals surface area contributed by atoms with Crippen molar-refractivity contribution in [2.45, 2.75) is 25.8 Å². The second-order valence-corrected chi connectivity index (χ2v) is 4.71. The van der Waals surface area contributed by atoms with Crippen molar-refractivity contribution in [2.75, 3.05) is 39.4 Å². The fourth-order valence-corrected chi connectivity index (χ4v) is 2.37. The molecular weight excluding hydrogens is 176 g/mol. The molecule has 2 atom stereocenters. The van der Waals surface area contributed by atoms with Gasteiger partial charge in [0.25, 0.3) is 0 Å². The molecule has 3 nitrogen and oxygen atoms in total. The van der Waals surface area contributed by atoms with Crippen LogP contribution in [-0.4, -0.2) is 50.3 Å². The summed E-state index contributed by atoms with van der Waals surface area (Å²) in [5.74, 6) is 0.908. The average molecular weight is 198 g/mol. The van der Waals surface area contributed by atoms with Crippen LogP contribution in [0.25, 0.3) is 0 Å². The molecule has 0 aromatic heterocycles. The first-order valence-electron chi connectivity index (χ1n) is 5.88. The number of nitrogens with zero attached hydrogens (tertiary/aromatic N) is 1. The fourth-order valence-electron chi connectivity index (χ4n) is 2.37. The van der Waals surface area contributed by atoms with Gasteiger partial charge in [-0.05, 0) is 31.8 Å². The van der Waals surface area contributed by atoms with Gasteiger partial charge in [0.15, 0.2) is 0 Å². The smallest absolute Gasteiger partial charge is 0.0620 e. The Morgan fingerprint density at radius 2 is 2.43 bits per heavy atom. The highest BCUT2D eigenvalue weighted by molar-refractivity contribution is 4.76. The number of rotatable bonds is 3. The maximum absolute atomic E-state index is 5.44. The number of hydrogen-bond acceptors (Lipinski definition) is 3. The number of hydrogen-bond donors (Lipinski definition) is 1. The first-order chi connectivity index (χ1) is 6.84. The van der Waals surface area contributed by atoms with Crippen LogP contribution in [-0.2, 0) is 4.74 Å². The third kappa shape index (κ3) is 2.94. The van der Waals surface area contributed by atoms with E-state index in [4.69, 9.17) is 4.74 Å². The van der Waals surface area contributed by atoms with Crippen molar-refractivity contribution in [3.8, 4) is 0 Å². The molecule has 0 aromatic carbocycles. The van der Waals surface area contributed by atoms with Crippen LogP contribution in [0.15, 0.2) is 0 Å². The molecule has 2 aliphatic rings. The van der Waals surface area contributed by atoms with Gasteiger partial charge in [-0.3, -0.25) is 0 Å². The lowest BCUT2D eigenvalue weighted by molar-refractivity contribution is 0.0708. The molecule has 82 valence electrons. The van der Waals surface area contributed by atoms with E-state index in [0.29, 0.717) is 6.04 Å². The van der Waals surface area contributed by atoms with E-state index in [2.05, 4.69) is 17.1 Å². The zero-order chi connectivity index (χ0) is 9.80. The van der Waals surface area contributed by atoms with E-state index in [9.17, 15) is 0 Å². The van der Waals surface area contributed by atoms with E-state index in [-0.39, 0.29) is 0 Å². The zero-order valence-corrected chi connectivity index (χ0v) is 9.17. The van der Waals surface area contributed by atoms with Gasteiger partial charge in [-0.2, -0.15) is 0 Å². The van der Waals surface area contributed by atoms with E-state index in [1.54, 1.807) is 0 Å². The highest BCUT2D eigenvalue weighted by Gasteiger charge is 2.20. The van der Waals surface area contributed by atoms with Crippen LogP contribution in [0.1, 0.15) is 19.8 Å².